The van der Waals surface area contributed by atoms with Gasteiger partial charge in [-0.05, 0) is 72.9 Å². The smallest absolute Gasteiger partial charge is 0.295 e. The van der Waals surface area contributed by atoms with Gasteiger partial charge in [0.1, 0.15) is 0 Å². The van der Waals surface area contributed by atoms with Gasteiger partial charge in [0, 0.05) is 20.2 Å². The van der Waals surface area contributed by atoms with Crippen LogP contribution in [0.2, 0.25) is 0 Å². The fraction of sp³-hybridized carbons (Fsp3) is 0.192. The Balaban J connectivity index is 1.79. The maximum Gasteiger partial charge on any atom is 0.295 e. The van der Waals surface area contributed by atoms with E-state index in [-0.39, 0.29) is 17.6 Å². The van der Waals surface area contributed by atoms with Gasteiger partial charge in [0.2, 0.25) is 5.82 Å². The fourth-order valence-corrected chi connectivity index (χ4v) is 4.26. The Hall–Kier alpha value is -2.77. The van der Waals surface area contributed by atoms with Gasteiger partial charge in [-0.15, -0.1) is 5.10 Å². The minimum absolute atomic E-state index is 0.117. The van der Waals surface area contributed by atoms with Crippen molar-refractivity contribution in [1.29, 1.82) is 0 Å². The van der Waals surface area contributed by atoms with E-state index in [0.29, 0.717) is 5.82 Å². The van der Waals surface area contributed by atoms with E-state index in [4.69, 9.17) is 0 Å². The molecule has 0 spiro atoms. The third-order valence-corrected chi connectivity index (χ3v) is 6.41. The molecule has 5 nitrogen and oxygen atoms in total. The zero-order valence-electron chi connectivity index (χ0n) is 18.9. The first-order valence-corrected chi connectivity index (χ1v) is 12.2. The Labute approximate surface area is 210 Å². The molecular weight excluding hydrogens is 544 g/mol. The van der Waals surface area contributed by atoms with Gasteiger partial charge in [0.15, 0.2) is 5.82 Å². The first-order valence-electron chi connectivity index (χ1n) is 10.6. The summed E-state index contributed by atoms with van der Waals surface area (Å²) in [5.41, 5.74) is 5.72. The number of aromatic nitrogens is 3. The molecule has 3 aromatic carbocycles. The van der Waals surface area contributed by atoms with E-state index in [9.17, 15) is 4.79 Å². The minimum atomic E-state index is -0.346. The number of halogens is 2. The molecule has 0 unspecified atom stereocenters. The van der Waals surface area contributed by atoms with Crippen molar-refractivity contribution in [3.05, 3.63) is 92.1 Å². The van der Waals surface area contributed by atoms with Gasteiger partial charge in [-0.3, -0.25) is 4.79 Å². The Kier molecular flexibility index (Phi) is 6.81. The van der Waals surface area contributed by atoms with Crippen LogP contribution < -0.4 is 5.32 Å². The number of carbonyl (C=O) groups excluding carboxylic acids is 1. The number of aryl methyl sites for hydroxylation is 2. The van der Waals surface area contributed by atoms with Crippen LogP contribution in [0.1, 0.15) is 47.1 Å². The lowest BCUT2D eigenvalue weighted by molar-refractivity contribution is 0.101. The molecule has 4 aromatic rings. The predicted molar refractivity (Wildman–Crippen MR) is 140 cm³/mol. The summed E-state index contributed by atoms with van der Waals surface area (Å²) in [6.45, 7) is 8.25. The molecule has 0 fully saturated rings. The van der Waals surface area contributed by atoms with E-state index < -0.39 is 0 Å². The van der Waals surface area contributed by atoms with Crippen molar-refractivity contribution in [3.63, 3.8) is 0 Å². The van der Waals surface area contributed by atoms with E-state index in [0.717, 1.165) is 42.6 Å². The van der Waals surface area contributed by atoms with Crippen molar-refractivity contribution >= 4 is 43.5 Å². The van der Waals surface area contributed by atoms with Crippen molar-refractivity contribution in [2.45, 2.75) is 33.6 Å². The Morgan fingerprint density at radius 1 is 0.939 bits per heavy atom. The Morgan fingerprint density at radius 3 is 2.33 bits per heavy atom. The maximum atomic E-state index is 13.2. The largest absolute Gasteiger partial charge is 0.319 e. The first kappa shape index (κ1) is 23.4. The highest BCUT2D eigenvalue weighted by atomic mass is 79.9. The van der Waals surface area contributed by atoms with Crippen molar-refractivity contribution < 1.29 is 4.79 Å². The SMILES string of the molecule is Cc1ccc(C)c(-n2nc(C(=O)Nc3ccc(Br)cc3C(C)C)nc2-c2ccc(Br)cc2)c1. The van der Waals surface area contributed by atoms with Gasteiger partial charge in [0.25, 0.3) is 5.91 Å². The van der Waals surface area contributed by atoms with Crippen LogP contribution in [0.3, 0.4) is 0 Å². The zero-order valence-corrected chi connectivity index (χ0v) is 22.0. The van der Waals surface area contributed by atoms with Gasteiger partial charge >= 0.3 is 0 Å². The number of nitrogens with one attached hydrogen (secondary N) is 1. The summed E-state index contributed by atoms with van der Waals surface area (Å²) in [4.78, 5) is 17.9. The second-order valence-electron chi connectivity index (χ2n) is 8.31. The summed E-state index contributed by atoms with van der Waals surface area (Å²) >= 11 is 7.00. The lowest BCUT2D eigenvalue weighted by Crippen LogP contribution is -2.16. The van der Waals surface area contributed by atoms with Gasteiger partial charge < -0.3 is 5.32 Å². The molecule has 1 aromatic heterocycles. The molecule has 0 atom stereocenters. The molecule has 4 rings (SSSR count). The van der Waals surface area contributed by atoms with Gasteiger partial charge in [-0.2, -0.15) is 0 Å². The van der Waals surface area contributed by atoms with Gasteiger partial charge in [0.05, 0.1) is 5.69 Å². The molecular formula is C26H24Br2N4O. The van der Waals surface area contributed by atoms with Crippen LogP contribution >= 0.6 is 31.9 Å². The lowest BCUT2D eigenvalue weighted by Gasteiger charge is -2.13. The monoisotopic (exact) mass is 566 g/mol. The van der Waals surface area contributed by atoms with Crippen LogP contribution in [0.15, 0.2) is 69.6 Å². The standard InChI is InChI=1S/C26H24Br2N4O/c1-15(2)21-14-20(28)11-12-22(21)29-26(33)24-30-25(18-7-9-19(27)10-8-18)32(31-24)23-13-16(3)5-6-17(23)4/h5-15H,1-4H3,(H,29,33). The molecule has 0 aliphatic carbocycles. The number of amides is 1. The fourth-order valence-electron chi connectivity index (χ4n) is 3.61. The highest BCUT2D eigenvalue weighted by Gasteiger charge is 2.21. The number of nitrogens with zero attached hydrogens (tertiary/aromatic N) is 3. The average molecular weight is 568 g/mol. The van der Waals surface area contributed by atoms with Crippen molar-refractivity contribution in [2.24, 2.45) is 0 Å². The van der Waals surface area contributed by atoms with Gasteiger partial charge in [-0.25, -0.2) is 9.67 Å². The third-order valence-electron chi connectivity index (χ3n) is 5.39. The molecule has 168 valence electrons. The molecule has 0 aliphatic rings. The number of rotatable bonds is 5. The quantitative estimate of drug-likeness (QED) is 0.272. The molecule has 1 heterocycles. The molecule has 0 aliphatic heterocycles. The zero-order chi connectivity index (χ0) is 23.7. The molecule has 1 amide bonds. The number of carbonyl (C=O) groups is 1. The molecule has 0 saturated heterocycles. The molecule has 0 bridgehead atoms. The maximum absolute atomic E-state index is 13.2. The molecule has 0 saturated carbocycles. The first-order chi connectivity index (χ1) is 15.7. The van der Waals surface area contributed by atoms with E-state index in [1.807, 2.05) is 62.4 Å². The van der Waals surface area contributed by atoms with Crippen LogP contribution in [-0.4, -0.2) is 20.7 Å². The Bertz CT molecular complexity index is 1330. The van der Waals surface area contributed by atoms with Crippen molar-refractivity contribution in [1.82, 2.24) is 14.8 Å². The van der Waals surface area contributed by atoms with Crippen molar-refractivity contribution in [2.75, 3.05) is 5.32 Å². The van der Waals surface area contributed by atoms with Gasteiger partial charge in [-0.1, -0.05) is 70.0 Å². The molecule has 33 heavy (non-hydrogen) atoms. The number of hydrogen-bond acceptors (Lipinski definition) is 3. The summed E-state index contributed by atoms with van der Waals surface area (Å²) in [5.74, 6) is 0.630. The van der Waals surface area contributed by atoms with Crippen LogP contribution in [0, 0.1) is 13.8 Å². The van der Waals surface area contributed by atoms with E-state index in [1.54, 1.807) is 4.68 Å². The summed E-state index contributed by atoms with van der Waals surface area (Å²) in [7, 11) is 0. The van der Waals surface area contributed by atoms with Crippen LogP contribution in [0.4, 0.5) is 5.69 Å². The summed E-state index contributed by atoms with van der Waals surface area (Å²) < 4.78 is 3.70. The number of anilines is 1. The Morgan fingerprint density at radius 2 is 1.64 bits per heavy atom. The summed E-state index contributed by atoms with van der Waals surface area (Å²) in [6, 6.07) is 19.8. The predicted octanol–water partition coefficient (Wildman–Crippen LogP) is 7.45. The highest BCUT2D eigenvalue weighted by molar-refractivity contribution is 9.10. The highest BCUT2D eigenvalue weighted by Crippen LogP contribution is 2.29. The topological polar surface area (TPSA) is 59.8 Å². The average Bonchev–Trinajstić information content (AvgIpc) is 3.22. The van der Waals surface area contributed by atoms with E-state index >= 15 is 0 Å². The lowest BCUT2D eigenvalue weighted by atomic mass is 10.0. The summed E-state index contributed by atoms with van der Waals surface area (Å²) in [5, 5.41) is 7.65. The minimum Gasteiger partial charge on any atom is -0.319 e. The van der Waals surface area contributed by atoms with E-state index in [1.165, 1.54) is 0 Å². The third kappa shape index (κ3) is 5.09. The number of benzene rings is 3. The van der Waals surface area contributed by atoms with Crippen LogP contribution in [0.5, 0.6) is 0 Å². The molecule has 7 heteroatoms. The number of hydrogen-bond donors (Lipinski definition) is 1. The van der Waals surface area contributed by atoms with Crippen LogP contribution in [-0.2, 0) is 0 Å². The second kappa shape index (κ2) is 9.61. The second-order valence-corrected chi connectivity index (χ2v) is 10.1. The normalized spacial score (nSPS) is 11.1. The van der Waals surface area contributed by atoms with Crippen LogP contribution in [0.25, 0.3) is 17.1 Å². The van der Waals surface area contributed by atoms with E-state index in [2.05, 4.69) is 73.2 Å². The molecule has 1 N–H and O–H groups in total. The summed E-state index contributed by atoms with van der Waals surface area (Å²) in [6.07, 6.45) is 0. The van der Waals surface area contributed by atoms with Crippen molar-refractivity contribution in [3.8, 4) is 17.1 Å². The molecule has 0 radical (unpaired) electrons.